The van der Waals surface area contributed by atoms with Crippen LogP contribution in [0.4, 0.5) is 0 Å². The number of aliphatic imine (C=N–C) groups is 2. The van der Waals surface area contributed by atoms with Crippen LogP contribution >= 0.6 is 15.9 Å². The van der Waals surface area contributed by atoms with Gasteiger partial charge in [-0.05, 0) is 80.1 Å². The van der Waals surface area contributed by atoms with Crippen LogP contribution in [0.15, 0.2) is 9.98 Å². The predicted molar refractivity (Wildman–Crippen MR) is 197 cm³/mol. The van der Waals surface area contributed by atoms with Crippen LogP contribution in [0.25, 0.3) is 0 Å². The van der Waals surface area contributed by atoms with E-state index in [4.69, 9.17) is 26.6 Å². The summed E-state index contributed by atoms with van der Waals surface area (Å²) in [5.41, 5.74) is 0. The molecule has 10 nitrogen and oxygen atoms in total. The Labute approximate surface area is 292 Å². The van der Waals surface area contributed by atoms with Gasteiger partial charge in [-0.3, -0.25) is 9.98 Å². The topological polar surface area (TPSA) is 86.6 Å². The maximum atomic E-state index is 5.94. The van der Waals surface area contributed by atoms with Crippen LogP contribution in [-0.4, -0.2) is 122 Å². The third kappa shape index (κ3) is 13.5. The molecule has 0 radical (unpaired) electrons. The SMILES string of the molecule is BrCC1CCC2=NCCCN21.CCC[Si](OCC)(OCC)OCC.CCO[Si](CCCC1CCC2=NCCCN21)(OCC)OCC. The van der Waals surface area contributed by atoms with Gasteiger partial charge in [0.2, 0.25) is 0 Å². The molecule has 2 unspecified atom stereocenters. The largest absolute Gasteiger partial charge is 0.500 e. The van der Waals surface area contributed by atoms with E-state index in [1.807, 2.05) is 41.5 Å². The molecule has 4 aliphatic rings. The molecule has 0 spiro atoms. The fourth-order valence-electron chi connectivity index (χ4n) is 6.80. The van der Waals surface area contributed by atoms with Crippen molar-refractivity contribution in [1.29, 1.82) is 0 Å². The minimum atomic E-state index is -2.46. The molecule has 270 valence electrons. The Hall–Kier alpha value is -0.386. The molecule has 0 aromatic heterocycles. The maximum Gasteiger partial charge on any atom is 0.500 e. The number of hydrogen-bond acceptors (Lipinski definition) is 10. The number of nitrogens with zero attached hydrogens (tertiary/aromatic N) is 4. The average Bonchev–Trinajstić information content (AvgIpc) is 3.67. The highest BCUT2D eigenvalue weighted by molar-refractivity contribution is 9.09. The first-order valence-electron chi connectivity index (χ1n) is 18.4. The first kappa shape index (κ1) is 41.8. The van der Waals surface area contributed by atoms with Crippen molar-refractivity contribution in [2.45, 2.75) is 130 Å². The van der Waals surface area contributed by atoms with Gasteiger partial charge in [0.05, 0.1) is 11.7 Å². The number of fused-ring (bicyclic) bond motifs is 2. The zero-order valence-corrected chi connectivity index (χ0v) is 33.9. The number of amidine groups is 2. The summed E-state index contributed by atoms with van der Waals surface area (Å²) in [5.74, 6) is 2.71. The molecule has 0 bridgehead atoms. The molecule has 13 heteroatoms. The summed E-state index contributed by atoms with van der Waals surface area (Å²) < 4.78 is 34.8. The van der Waals surface area contributed by atoms with Gasteiger partial charge in [0, 0.05) is 108 Å². The lowest BCUT2D eigenvalue weighted by Crippen LogP contribution is -2.46. The predicted octanol–water partition coefficient (Wildman–Crippen LogP) is 7.17. The Morgan fingerprint density at radius 3 is 1.46 bits per heavy atom. The van der Waals surface area contributed by atoms with Crippen LogP contribution in [-0.2, 0) is 26.6 Å². The summed E-state index contributed by atoms with van der Waals surface area (Å²) in [6.45, 7) is 22.6. The standard InChI is InChI=1S/C16H32N2O3Si.C9H22O3Si.C8H13BrN2/c1-4-19-22(20-5-2,21-6-3)14-7-9-15-10-11-16-17-12-8-13-18(15)16;1-5-9-13(10-6-2,11-7-3)12-8-4;9-6-7-2-3-8-10-4-1-5-11(7)8/h15H,4-14H2,1-3H3;5-9H2,1-4H3;7H,1-6H2. The molecule has 46 heavy (non-hydrogen) atoms. The van der Waals surface area contributed by atoms with E-state index < -0.39 is 17.6 Å². The highest BCUT2D eigenvalue weighted by atomic mass is 79.9. The zero-order chi connectivity index (χ0) is 33.7. The molecule has 0 N–H and O–H groups in total. The Kier molecular flexibility index (Phi) is 21.7. The zero-order valence-electron chi connectivity index (χ0n) is 30.3. The molecule has 4 heterocycles. The first-order chi connectivity index (χ1) is 22.4. The highest BCUT2D eigenvalue weighted by Crippen LogP contribution is 2.29. The molecular formula is C33H67BrN4O6Si2. The monoisotopic (exact) mass is 750 g/mol. The van der Waals surface area contributed by atoms with Crippen molar-refractivity contribution in [1.82, 2.24) is 9.80 Å². The minimum Gasteiger partial charge on any atom is -0.374 e. The third-order valence-electron chi connectivity index (χ3n) is 8.59. The van der Waals surface area contributed by atoms with Crippen molar-refractivity contribution < 1.29 is 26.6 Å². The van der Waals surface area contributed by atoms with Crippen LogP contribution < -0.4 is 0 Å². The second kappa shape index (κ2) is 23.9. The van der Waals surface area contributed by atoms with E-state index in [9.17, 15) is 0 Å². The quantitative estimate of drug-likeness (QED) is 0.102. The fraction of sp³-hybridized carbons (Fsp3) is 0.939. The van der Waals surface area contributed by atoms with E-state index in [0.717, 1.165) is 55.8 Å². The summed E-state index contributed by atoms with van der Waals surface area (Å²) in [6.07, 6.45) is 10.7. The van der Waals surface area contributed by atoms with Crippen LogP contribution in [0, 0.1) is 0 Å². The maximum absolute atomic E-state index is 5.94. The van der Waals surface area contributed by atoms with Crippen LogP contribution in [0.3, 0.4) is 0 Å². The van der Waals surface area contributed by atoms with E-state index in [1.165, 1.54) is 63.3 Å². The molecule has 0 aromatic carbocycles. The van der Waals surface area contributed by atoms with Gasteiger partial charge in [-0.1, -0.05) is 29.3 Å². The smallest absolute Gasteiger partial charge is 0.374 e. The van der Waals surface area contributed by atoms with E-state index >= 15 is 0 Å². The van der Waals surface area contributed by atoms with Crippen LogP contribution in [0.2, 0.25) is 12.1 Å². The van der Waals surface area contributed by atoms with Gasteiger partial charge in [-0.15, -0.1) is 0 Å². The lowest BCUT2D eigenvalue weighted by atomic mass is 10.1. The van der Waals surface area contributed by atoms with Crippen LogP contribution in [0.1, 0.15) is 106 Å². The van der Waals surface area contributed by atoms with Gasteiger partial charge in [-0.2, -0.15) is 0 Å². The Balaban J connectivity index is 0.000000261. The molecule has 0 aromatic rings. The molecule has 0 aliphatic carbocycles. The second-order valence-electron chi connectivity index (χ2n) is 11.8. The highest BCUT2D eigenvalue weighted by Gasteiger charge is 2.41. The van der Waals surface area contributed by atoms with Crippen molar-refractivity contribution >= 4 is 45.2 Å². The van der Waals surface area contributed by atoms with Gasteiger partial charge >= 0.3 is 17.6 Å². The Morgan fingerprint density at radius 2 is 1.04 bits per heavy atom. The normalized spacial score (nSPS) is 21.0. The van der Waals surface area contributed by atoms with Crippen molar-refractivity contribution in [3.63, 3.8) is 0 Å². The summed E-state index contributed by atoms with van der Waals surface area (Å²) in [6, 6.07) is 3.24. The fourth-order valence-corrected chi connectivity index (χ4v) is 12.7. The van der Waals surface area contributed by atoms with Gasteiger partial charge in [0.25, 0.3) is 0 Å². The van der Waals surface area contributed by atoms with E-state index in [2.05, 4.69) is 42.6 Å². The second-order valence-corrected chi connectivity index (χ2v) is 17.9. The molecule has 4 aliphatic heterocycles. The third-order valence-corrected chi connectivity index (χ3v) is 15.8. The lowest BCUT2D eigenvalue weighted by Gasteiger charge is -2.31. The minimum absolute atomic E-state index is 0.663. The molecule has 2 fully saturated rings. The molecule has 2 atom stereocenters. The Morgan fingerprint density at radius 1 is 0.630 bits per heavy atom. The number of halogens is 1. The average molecular weight is 752 g/mol. The number of alkyl halides is 1. The van der Waals surface area contributed by atoms with E-state index in [1.54, 1.807) is 0 Å². The molecule has 0 saturated carbocycles. The summed E-state index contributed by atoms with van der Waals surface area (Å²) in [5, 5.41) is 1.10. The van der Waals surface area contributed by atoms with Crippen molar-refractivity contribution in [2.75, 3.05) is 71.2 Å². The van der Waals surface area contributed by atoms with Crippen molar-refractivity contribution in [2.24, 2.45) is 9.98 Å². The summed E-state index contributed by atoms with van der Waals surface area (Å²) >= 11 is 3.54. The van der Waals surface area contributed by atoms with E-state index in [0.29, 0.717) is 45.7 Å². The van der Waals surface area contributed by atoms with Crippen molar-refractivity contribution in [3.05, 3.63) is 0 Å². The molecule has 2 saturated heterocycles. The van der Waals surface area contributed by atoms with Gasteiger partial charge < -0.3 is 36.4 Å². The molecule has 4 rings (SSSR count). The van der Waals surface area contributed by atoms with Gasteiger partial charge in [0.15, 0.2) is 0 Å². The summed E-state index contributed by atoms with van der Waals surface area (Å²) in [4.78, 5) is 14.2. The van der Waals surface area contributed by atoms with Crippen LogP contribution in [0.5, 0.6) is 0 Å². The van der Waals surface area contributed by atoms with E-state index in [-0.39, 0.29) is 0 Å². The lowest BCUT2D eigenvalue weighted by molar-refractivity contribution is 0.0698. The molecule has 0 amide bonds. The van der Waals surface area contributed by atoms with Gasteiger partial charge in [0.1, 0.15) is 0 Å². The molecular weight excluding hydrogens is 684 g/mol. The number of rotatable bonds is 19. The van der Waals surface area contributed by atoms with Gasteiger partial charge in [-0.25, -0.2) is 0 Å². The van der Waals surface area contributed by atoms with Crippen molar-refractivity contribution in [3.8, 4) is 0 Å². The number of hydrogen-bond donors (Lipinski definition) is 0. The Bertz CT molecular complexity index is 827. The summed E-state index contributed by atoms with van der Waals surface area (Å²) in [7, 11) is -4.76. The first-order valence-corrected chi connectivity index (χ1v) is 23.4.